The minimum atomic E-state index is -3.52. The molecule has 2 aliphatic carbocycles. The van der Waals surface area contributed by atoms with E-state index in [0.29, 0.717) is 30.9 Å². The average molecular weight is 424 g/mol. The molecule has 3 fully saturated rings. The standard InChI is InChI=1S/C22H33NO5S/c1-20(2)16-7-8-21(20,19(24)14-16)15-29(26,27)23-11-9-22(25,10-12-23)17-5-4-6-18(13-17)28-3/h4-6,13,16,19,24-25H,7-12,14-15H2,1-3H3/t16-,19?,21-/m1/s1. The highest BCUT2D eigenvalue weighted by Gasteiger charge is 2.65. The second-order valence-corrected chi connectivity index (χ2v) is 11.8. The van der Waals surface area contributed by atoms with E-state index in [1.807, 2.05) is 24.3 Å². The molecule has 7 heteroatoms. The first kappa shape index (κ1) is 21.1. The molecule has 3 aliphatic rings. The van der Waals surface area contributed by atoms with Gasteiger partial charge in [-0.2, -0.15) is 0 Å². The quantitative estimate of drug-likeness (QED) is 0.760. The molecule has 6 nitrogen and oxygen atoms in total. The van der Waals surface area contributed by atoms with E-state index in [0.717, 1.165) is 18.4 Å². The predicted molar refractivity (Wildman–Crippen MR) is 111 cm³/mol. The van der Waals surface area contributed by atoms with Crippen molar-refractivity contribution in [1.29, 1.82) is 0 Å². The lowest BCUT2D eigenvalue weighted by Gasteiger charge is -2.43. The molecule has 0 radical (unpaired) electrons. The molecule has 162 valence electrons. The lowest BCUT2D eigenvalue weighted by Crippen LogP contribution is -2.51. The van der Waals surface area contributed by atoms with Crippen LogP contribution in [-0.2, 0) is 15.6 Å². The number of sulfonamides is 1. The highest BCUT2D eigenvalue weighted by Crippen LogP contribution is 2.66. The third kappa shape index (κ3) is 3.21. The topological polar surface area (TPSA) is 87.1 Å². The van der Waals surface area contributed by atoms with Gasteiger partial charge in [0.25, 0.3) is 0 Å². The molecular formula is C22H33NO5S. The van der Waals surface area contributed by atoms with Crippen molar-refractivity contribution in [2.24, 2.45) is 16.7 Å². The summed E-state index contributed by atoms with van der Waals surface area (Å²) in [6.45, 7) is 4.81. The molecule has 0 aromatic heterocycles. The largest absolute Gasteiger partial charge is 0.497 e. The van der Waals surface area contributed by atoms with E-state index >= 15 is 0 Å². The Balaban J connectivity index is 1.49. The number of aliphatic hydroxyl groups excluding tert-OH is 1. The lowest BCUT2D eigenvalue weighted by atomic mass is 9.70. The molecule has 2 saturated carbocycles. The van der Waals surface area contributed by atoms with Gasteiger partial charge in [0.1, 0.15) is 5.75 Å². The summed E-state index contributed by atoms with van der Waals surface area (Å²) >= 11 is 0. The van der Waals surface area contributed by atoms with Gasteiger partial charge >= 0.3 is 0 Å². The number of hydrogen-bond acceptors (Lipinski definition) is 5. The molecular weight excluding hydrogens is 390 g/mol. The summed E-state index contributed by atoms with van der Waals surface area (Å²) in [4.78, 5) is 0. The summed E-state index contributed by atoms with van der Waals surface area (Å²) in [5.74, 6) is 1.08. The van der Waals surface area contributed by atoms with Gasteiger partial charge in [-0.1, -0.05) is 26.0 Å². The van der Waals surface area contributed by atoms with Crippen molar-refractivity contribution in [2.45, 2.75) is 57.7 Å². The average Bonchev–Trinajstić information content (AvgIpc) is 3.02. The number of piperidine rings is 1. The number of nitrogens with zero attached hydrogens (tertiary/aromatic N) is 1. The zero-order valence-corrected chi connectivity index (χ0v) is 18.4. The molecule has 1 aromatic carbocycles. The van der Waals surface area contributed by atoms with E-state index in [-0.39, 0.29) is 24.3 Å². The number of aliphatic hydroxyl groups is 2. The van der Waals surface area contributed by atoms with Gasteiger partial charge in [-0.05, 0) is 61.1 Å². The lowest BCUT2D eigenvalue weighted by molar-refractivity contribution is -0.0115. The molecule has 1 saturated heterocycles. The first-order valence-electron chi connectivity index (χ1n) is 10.6. The molecule has 1 unspecified atom stereocenters. The third-order valence-electron chi connectivity index (χ3n) is 8.38. The van der Waals surface area contributed by atoms with Gasteiger partial charge in [-0.3, -0.25) is 0 Å². The molecule has 0 spiro atoms. The van der Waals surface area contributed by atoms with Crippen molar-refractivity contribution in [3.8, 4) is 5.75 Å². The Morgan fingerprint density at radius 3 is 2.45 bits per heavy atom. The number of rotatable bonds is 5. The fourth-order valence-corrected chi connectivity index (χ4v) is 8.41. The Morgan fingerprint density at radius 2 is 1.90 bits per heavy atom. The monoisotopic (exact) mass is 423 g/mol. The van der Waals surface area contributed by atoms with Crippen LogP contribution >= 0.6 is 0 Å². The SMILES string of the molecule is COc1cccc(C2(O)CCN(S(=O)(=O)C[C@]34CC[C@H](CC3O)C4(C)C)CC2)c1. The molecule has 4 rings (SSSR count). The van der Waals surface area contributed by atoms with Crippen molar-refractivity contribution in [2.75, 3.05) is 26.0 Å². The van der Waals surface area contributed by atoms with Crippen molar-refractivity contribution in [3.63, 3.8) is 0 Å². The van der Waals surface area contributed by atoms with E-state index in [4.69, 9.17) is 4.74 Å². The van der Waals surface area contributed by atoms with Crippen LogP contribution in [0.25, 0.3) is 0 Å². The van der Waals surface area contributed by atoms with Crippen LogP contribution < -0.4 is 4.74 Å². The van der Waals surface area contributed by atoms with Crippen molar-refractivity contribution in [1.82, 2.24) is 4.31 Å². The molecule has 3 atom stereocenters. The number of methoxy groups -OCH3 is 1. The van der Waals surface area contributed by atoms with Crippen LogP contribution in [0.15, 0.2) is 24.3 Å². The molecule has 2 N–H and O–H groups in total. The number of hydrogen-bond donors (Lipinski definition) is 2. The zero-order chi connectivity index (χ0) is 21.1. The minimum absolute atomic E-state index is 0.00224. The van der Waals surface area contributed by atoms with E-state index in [2.05, 4.69) is 13.8 Å². The molecule has 1 aromatic rings. The number of fused-ring (bicyclic) bond motifs is 2. The highest BCUT2D eigenvalue weighted by molar-refractivity contribution is 7.89. The Labute approximate surface area is 173 Å². The van der Waals surface area contributed by atoms with Gasteiger partial charge in [-0.15, -0.1) is 0 Å². The maximum Gasteiger partial charge on any atom is 0.214 e. The molecule has 2 bridgehead atoms. The van der Waals surface area contributed by atoms with E-state index in [1.54, 1.807) is 7.11 Å². The first-order valence-corrected chi connectivity index (χ1v) is 12.2. The predicted octanol–water partition coefficient (Wildman–Crippen LogP) is 2.50. The van der Waals surface area contributed by atoms with Crippen LogP contribution in [0, 0.1) is 16.7 Å². The van der Waals surface area contributed by atoms with Crippen molar-refractivity contribution >= 4 is 10.0 Å². The van der Waals surface area contributed by atoms with Gasteiger partial charge < -0.3 is 14.9 Å². The Hall–Kier alpha value is -1.15. The van der Waals surface area contributed by atoms with Crippen LogP contribution in [0.4, 0.5) is 0 Å². The van der Waals surface area contributed by atoms with Crippen LogP contribution in [0.1, 0.15) is 51.5 Å². The Kier molecular flexibility index (Phi) is 5.05. The van der Waals surface area contributed by atoms with Gasteiger partial charge in [0.05, 0.1) is 24.6 Å². The summed E-state index contributed by atoms with van der Waals surface area (Å²) in [6, 6.07) is 7.35. The summed E-state index contributed by atoms with van der Waals surface area (Å²) < 4.78 is 33.4. The molecule has 1 aliphatic heterocycles. The highest BCUT2D eigenvalue weighted by atomic mass is 32.2. The summed E-state index contributed by atoms with van der Waals surface area (Å²) in [5, 5.41) is 21.9. The molecule has 1 heterocycles. The van der Waals surface area contributed by atoms with Crippen LogP contribution in [0.2, 0.25) is 0 Å². The Morgan fingerprint density at radius 1 is 1.21 bits per heavy atom. The van der Waals surface area contributed by atoms with E-state index in [9.17, 15) is 18.6 Å². The second-order valence-electron chi connectivity index (χ2n) is 9.78. The van der Waals surface area contributed by atoms with Gasteiger partial charge in [0.15, 0.2) is 0 Å². The fourth-order valence-electron chi connectivity index (χ4n) is 6.13. The summed E-state index contributed by atoms with van der Waals surface area (Å²) in [7, 11) is -1.93. The van der Waals surface area contributed by atoms with Gasteiger partial charge in [0.2, 0.25) is 10.0 Å². The van der Waals surface area contributed by atoms with Crippen molar-refractivity contribution in [3.05, 3.63) is 29.8 Å². The zero-order valence-electron chi connectivity index (χ0n) is 17.6. The number of ether oxygens (including phenoxy) is 1. The van der Waals surface area contributed by atoms with E-state index < -0.39 is 27.1 Å². The third-order valence-corrected chi connectivity index (χ3v) is 10.4. The maximum atomic E-state index is 13.3. The maximum absolute atomic E-state index is 13.3. The Bertz CT molecular complexity index is 875. The van der Waals surface area contributed by atoms with Crippen LogP contribution in [-0.4, -0.2) is 55.0 Å². The van der Waals surface area contributed by atoms with E-state index in [1.165, 1.54) is 4.31 Å². The summed E-state index contributed by atoms with van der Waals surface area (Å²) in [5.41, 5.74) is -1.02. The van der Waals surface area contributed by atoms with Gasteiger partial charge in [0, 0.05) is 18.5 Å². The minimum Gasteiger partial charge on any atom is -0.497 e. The van der Waals surface area contributed by atoms with Crippen molar-refractivity contribution < 1.29 is 23.4 Å². The van der Waals surface area contributed by atoms with Gasteiger partial charge in [-0.25, -0.2) is 12.7 Å². The normalized spacial score (nSPS) is 33.7. The van der Waals surface area contributed by atoms with Crippen LogP contribution in [0.3, 0.4) is 0 Å². The van der Waals surface area contributed by atoms with Crippen LogP contribution in [0.5, 0.6) is 5.75 Å². The first-order chi connectivity index (χ1) is 13.5. The molecule has 0 amide bonds. The second kappa shape index (κ2) is 6.94. The number of benzene rings is 1. The fraction of sp³-hybridized carbons (Fsp3) is 0.727. The molecule has 29 heavy (non-hydrogen) atoms. The smallest absolute Gasteiger partial charge is 0.214 e. The summed E-state index contributed by atoms with van der Waals surface area (Å²) in [6.07, 6.45) is 2.62.